The van der Waals surface area contributed by atoms with Gasteiger partial charge in [-0.3, -0.25) is 4.79 Å². The van der Waals surface area contributed by atoms with Crippen LogP contribution in [0.4, 0.5) is 0 Å². The molecule has 0 saturated heterocycles. The molecule has 0 unspecified atom stereocenters. The second kappa shape index (κ2) is 9.34. The maximum absolute atomic E-state index is 12.7. The van der Waals surface area contributed by atoms with Gasteiger partial charge in [-0.2, -0.15) is 0 Å². The van der Waals surface area contributed by atoms with Crippen LogP contribution < -0.4 is 0 Å². The second-order valence-electron chi connectivity index (χ2n) is 9.03. The minimum atomic E-state index is 0.116. The molecule has 160 valence electrons. The van der Waals surface area contributed by atoms with Gasteiger partial charge < -0.3 is 4.90 Å². The van der Waals surface area contributed by atoms with Crippen LogP contribution in [0.3, 0.4) is 0 Å². The largest absolute Gasteiger partial charge is 0.339 e. The Morgan fingerprint density at radius 1 is 1.20 bits per heavy atom. The fraction of sp³-hybridized carbons (Fsp3) is 0.444. The molecule has 0 atom stereocenters. The molecule has 0 spiro atoms. The second-order valence-corrected chi connectivity index (χ2v) is 10.1. The zero-order valence-corrected chi connectivity index (χ0v) is 20.2. The highest BCUT2D eigenvalue weighted by Crippen LogP contribution is 2.41. The van der Waals surface area contributed by atoms with Crippen molar-refractivity contribution < 1.29 is 4.79 Å². The van der Waals surface area contributed by atoms with Crippen LogP contribution in [0.15, 0.2) is 53.1 Å². The first-order chi connectivity index (χ1) is 14.2. The maximum Gasteiger partial charge on any atom is 0.253 e. The lowest BCUT2D eigenvalue weighted by atomic mass is 9.72. The van der Waals surface area contributed by atoms with E-state index in [0.29, 0.717) is 0 Å². The lowest BCUT2D eigenvalue weighted by Crippen LogP contribution is -2.30. The Balaban J connectivity index is 1.83. The summed E-state index contributed by atoms with van der Waals surface area (Å²) in [6.07, 6.45) is 10.6. The van der Waals surface area contributed by atoms with E-state index in [2.05, 4.69) is 58.1 Å². The summed E-state index contributed by atoms with van der Waals surface area (Å²) in [5.74, 6) is 0.116. The number of carbonyl (C=O) groups is 1. The number of nitrogens with zero attached hydrogens (tertiary/aromatic N) is 1. The number of hydrogen-bond acceptors (Lipinski definition) is 2. The molecule has 3 heteroatoms. The third kappa shape index (κ3) is 4.95. The number of hydrogen-bond donors (Lipinski definition) is 0. The van der Waals surface area contributed by atoms with Crippen molar-refractivity contribution in [3.63, 3.8) is 0 Å². The third-order valence-corrected chi connectivity index (χ3v) is 7.31. The highest BCUT2D eigenvalue weighted by Gasteiger charge is 2.26. The molecule has 0 N–H and O–H groups in total. The molecule has 1 heterocycles. The fourth-order valence-electron chi connectivity index (χ4n) is 4.45. The normalized spacial score (nSPS) is 17.2. The van der Waals surface area contributed by atoms with Gasteiger partial charge in [0, 0.05) is 28.2 Å². The molecule has 3 rings (SSSR count). The summed E-state index contributed by atoms with van der Waals surface area (Å²) in [5, 5.41) is 1.20. The van der Waals surface area contributed by atoms with E-state index in [0.717, 1.165) is 18.7 Å². The number of benzene rings is 1. The zero-order chi connectivity index (χ0) is 21.9. The lowest BCUT2D eigenvalue weighted by molar-refractivity contribution is 0.0773. The Labute approximate surface area is 186 Å². The average Bonchev–Trinajstić information content (AvgIpc) is 3.09. The van der Waals surface area contributed by atoms with Gasteiger partial charge in [0.25, 0.3) is 5.91 Å². The van der Waals surface area contributed by atoms with Gasteiger partial charge in [-0.1, -0.05) is 37.6 Å². The smallest absolute Gasteiger partial charge is 0.253 e. The van der Waals surface area contributed by atoms with Crippen molar-refractivity contribution in [2.45, 2.75) is 60.8 Å². The number of allylic oxidation sites excluding steroid dienone is 5. The van der Waals surface area contributed by atoms with Crippen LogP contribution in [0, 0.1) is 5.41 Å². The fourth-order valence-corrected chi connectivity index (χ4v) is 5.56. The Morgan fingerprint density at radius 2 is 1.93 bits per heavy atom. The number of fused-ring (bicyclic) bond motifs is 1. The molecule has 2 aromatic rings. The minimum Gasteiger partial charge on any atom is -0.339 e. The van der Waals surface area contributed by atoms with Gasteiger partial charge in [0.1, 0.15) is 0 Å². The van der Waals surface area contributed by atoms with Crippen LogP contribution in [0.2, 0.25) is 0 Å². The van der Waals surface area contributed by atoms with E-state index in [1.165, 1.54) is 50.9 Å². The van der Waals surface area contributed by atoms with E-state index >= 15 is 0 Å². The highest BCUT2D eigenvalue weighted by molar-refractivity contribution is 7.19. The summed E-state index contributed by atoms with van der Waals surface area (Å²) >= 11 is 1.75. The predicted octanol–water partition coefficient (Wildman–Crippen LogP) is 7.87. The number of carbonyl (C=O) groups excluding carboxylic acids is 1. The van der Waals surface area contributed by atoms with Crippen LogP contribution in [-0.2, 0) is 0 Å². The molecule has 1 aliphatic rings. The minimum absolute atomic E-state index is 0.116. The van der Waals surface area contributed by atoms with E-state index in [9.17, 15) is 4.79 Å². The van der Waals surface area contributed by atoms with Crippen molar-refractivity contribution in [1.29, 1.82) is 0 Å². The molecular formula is C27H35NOS. The van der Waals surface area contributed by atoms with Gasteiger partial charge in [0.05, 0.1) is 0 Å². The lowest BCUT2D eigenvalue weighted by Gasteiger charge is -2.32. The van der Waals surface area contributed by atoms with Crippen LogP contribution in [0.1, 0.15) is 76.0 Å². The summed E-state index contributed by atoms with van der Waals surface area (Å²) in [7, 11) is 0. The molecular weight excluding hydrogens is 386 g/mol. The molecule has 1 aromatic heterocycles. The number of thiophene rings is 1. The van der Waals surface area contributed by atoms with E-state index in [1.54, 1.807) is 11.3 Å². The molecule has 0 radical (unpaired) electrons. The van der Waals surface area contributed by atoms with Crippen molar-refractivity contribution in [1.82, 2.24) is 4.90 Å². The quantitative estimate of drug-likeness (QED) is 0.435. The third-order valence-electron chi connectivity index (χ3n) is 6.26. The van der Waals surface area contributed by atoms with Crippen molar-refractivity contribution in [2.75, 3.05) is 13.1 Å². The van der Waals surface area contributed by atoms with Gasteiger partial charge in [0.2, 0.25) is 0 Å². The van der Waals surface area contributed by atoms with Gasteiger partial charge in [-0.25, -0.2) is 0 Å². The summed E-state index contributed by atoms with van der Waals surface area (Å²) in [6.45, 7) is 14.7. The van der Waals surface area contributed by atoms with E-state index in [4.69, 9.17) is 0 Å². The molecule has 2 nitrogen and oxygen atoms in total. The van der Waals surface area contributed by atoms with Crippen molar-refractivity contribution in [2.24, 2.45) is 5.41 Å². The number of rotatable bonds is 6. The molecule has 1 aliphatic carbocycles. The Hall–Kier alpha value is -2.13. The van der Waals surface area contributed by atoms with Gasteiger partial charge >= 0.3 is 0 Å². The molecule has 0 saturated carbocycles. The van der Waals surface area contributed by atoms with E-state index < -0.39 is 0 Å². The predicted molar refractivity (Wildman–Crippen MR) is 132 cm³/mol. The van der Waals surface area contributed by atoms with Gasteiger partial charge in [0.15, 0.2) is 0 Å². The van der Waals surface area contributed by atoms with Crippen LogP contribution >= 0.6 is 11.3 Å². The molecule has 1 amide bonds. The van der Waals surface area contributed by atoms with Crippen molar-refractivity contribution >= 4 is 33.4 Å². The Kier molecular flexibility index (Phi) is 7.02. The molecule has 0 aliphatic heterocycles. The van der Waals surface area contributed by atoms with Gasteiger partial charge in [-0.05, 0) is 93.2 Å². The van der Waals surface area contributed by atoms with Gasteiger partial charge in [-0.15, -0.1) is 11.3 Å². The average molecular weight is 422 g/mol. The summed E-state index contributed by atoms with van der Waals surface area (Å²) in [4.78, 5) is 15.8. The first kappa shape index (κ1) is 22.6. The van der Waals surface area contributed by atoms with E-state index in [-0.39, 0.29) is 11.3 Å². The topological polar surface area (TPSA) is 20.3 Å². The standard InChI is InChI=1S/C27H35NOS/c1-7-28(8-2)26(29)22-13-12-21-17-23(30-25(21)18-22)16-19(3)11-14-24-20(4)10-9-15-27(24,5)6/h11-14,16-18H,7-10,15H2,1-6H3/b14-11?,19-16+. The van der Waals surface area contributed by atoms with Crippen molar-refractivity contribution in [3.8, 4) is 0 Å². The highest BCUT2D eigenvalue weighted by atomic mass is 32.1. The zero-order valence-electron chi connectivity index (χ0n) is 19.3. The summed E-state index contributed by atoms with van der Waals surface area (Å²) in [6, 6.07) is 8.29. The van der Waals surface area contributed by atoms with Crippen molar-refractivity contribution in [3.05, 3.63) is 63.6 Å². The maximum atomic E-state index is 12.7. The van der Waals surface area contributed by atoms with Crippen LogP contribution in [-0.4, -0.2) is 23.9 Å². The molecule has 0 bridgehead atoms. The van der Waals surface area contributed by atoms with Crippen LogP contribution in [0.5, 0.6) is 0 Å². The first-order valence-electron chi connectivity index (χ1n) is 11.1. The van der Waals surface area contributed by atoms with E-state index in [1.807, 2.05) is 30.9 Å². The monoisotopic (exact) mass is 421 g/mol. The summed E-state index contributed by atoms with van der Waals surface area (Å²) in [5.41, 5.74) is 5.33. The van der Waals surface area contributed by atoms with Crippen LogP contribution in [0.25, 0.3) is 16.2 Å². The first-order valence-corrected chi connectivity index (χ1v) is 12.0. The SMILES string of the molecule is CCN(CC)C(=O)c1ccc2cc(/C=C(\C)C=CC3=C(C)CCCC3(C)C)sc2c1. The molecule has 30 heavy (non-hydrogen) atoms. The molecule has 1 aromatic carbocycles. The Morgan fingerprint density at radius 3 is 2.60 bits per heavy atom. The molecule has 0 fully saturated rings. The number of amides is 1. The Bertz CT molecular complexity index is 1010. The summed E-state index contributed by atoms with van der Waals surface area (Å²) < 4.78 is 1.17.